The topological polar surface area (TPSA) is 56.8 Å². The van der Waals surface area contributed by atoms with E-state index in [0.29, 0.717) is 0 Å². The largest absolute Gasteiger partial charge is 0.356 e. The molecule has 2 N–H and O–H groups in total. The molecule has 3 heterocycles. The highest BCUT2D eigenvalue weighted by molar-refractivity contribution is 5.87. The van der Waals surface area contributed by atoms with Crippen LogP contribution in [0.5, 0.6) is 0 Å². The third-order valence-corrected chi connectivity index (χ3v) is 6.27. The zero-order chi connectivity index (χ0) is 19.7. The molecule has 146 valence electrons. The Kier molecular flexibility index (Phi) is 4.52. The summed E-state index contributed by atoms with van der Waals surface area (Å²) in [6.45, 7) is 1.91. The van der Waals surface area contributed by atoms with Gasteiger partial charge < -0.3 is 15.2 Å². The molecule has 5 nitrogen and oxygen atoms in total. The van der Waals surface area contributed by atoms with Crippen LogP contribution in [-0.4, -0.2) is 35.1 Å². The molecule has 1 saturated heterocycles. The van der Waals surface area contributed by atoms with Crippen LogP contribution in [0.3, 0.4) is 0 Å². The van der Waals surface area contributed by atoms with E-state index in [1.54, 1.807) is 6.33 Å². The fraction of sp³-hybridized carbons (Fsp3) is 0.250. The third kappa shape index (κ3) is 3.17. The van der Waals surface area contributed by atoms with Gasteiger partial charge in [-0.25, -0.2) is 9.97 Å². The van der Waals surface area contributed by atoms with E-state index in [2.05, 4.69) is 92.9 Å². The summed E-state index contributed by atoms with van der Waals surface area (Å²) in [6.07, 6.45) is 5.64. The SMILES string of the molecule is CNC1(c2ccc(-c3ccccc3)cc2)CCN(c2ncnc3[nH]ccc23)CC1. The number of piperidine rings is 1. The minimum Gasteiger partial charge on any atom is -0.356 e. The number of hydrogen-bond donors (Lipinski definition) is 2. The maximum absolute atomic E-state index is 4.57. The molecule has 2 aromatic heterocycles. The standard InChI is InChI=1S/C24H25N5/c1-25-24(20-9-7-19(8-10-20)18-5-3-2-4-6-18)12-15-29(16-13-24)23-21-11-14-26-22(21)27-17-28-23/h2-11,14,17,25H,12-13,15-16H2,1H3,(H,26,27,28). The van der Waals surface area contributed by atoms with Crippen LogP contribution in [0.4, 0.5) is 5.82 Å². The van der Waals surface area contributed by atoms with Crippen molar-refractivity contribution in [3.63, 3.8) is 0 Å². The van der Waals surface area contributed by atoms with Crippen molar-refractivity contribution in [3.8, 4) is 11.1 Å². The summed E-state index contributed by atoms with van der Waals surface area (Å²) in [7, 11) is 2.08. The molecule has 1 aliphatic heterocycles. The fourth-order valence-corrected chi connectivity index (χ4v) is 4.51. The van der Waals surface area contributed by atoms with Gasteiger partial charge in [-0.3, -0.25) is 0 Å². The Balaban J connectivity index is 1.37. The van der Waals surface area contributed by atoms with Gasteiger partial charge in [0.25, 0.3) is 0 Å². The number of aromatic amines is 1. The molecule has 1 fully saturated rings. The van der Waals surface area contributed by atoms with Crippen molar-refractivity contribution < 1.29 is 0 Å². The molecular formula is C24H25N5. The number of nitrogens with zero attached hydrogens (tertiary/aromatic N) is 3. The lowest BCUT2D eigenvalue weighted by atomic mass is 9.80. The van der Waals surface area contributed by atoms with E-state index < -0.39 is 0 Å². The van der Waals surface area contributed by atoms with E-state index in [4.69, 9.17) is 0 Å². The molecule has 0 aliphatic carbocycles. The highest BCUT2D eigenvalue weighted by Gasteiger charge is 2.35. The van der Waals surface area contributed by atoms with Crippen LogP contribution in [0.25, 0.3) is 22.2 Å². The van der Waals surface area contributed by atoms with Crippen molar-refractivity contribution in [2.45, 2.75) is 18.4 Å². The first-order valence-electron chi connectivity index (χ1n) is 10.2. The van der Waals surface area contributed by atoms with Gasteiger partial charge in [-0.1, -0.05) is 54.6 Å². The third-order valence-electron chi connectivity index (χ3n) is 6.27. The predicted molar refractivity (Wildman–Crippen MR) is 118 cm³/mol. The molecule has 1 aliphatic rings. The van der Waals surface area contributed by atoms with Gasteiger partial charge in [0.05, 0.1) is 5.39 Å². The van der Waals surface area contributed by atoms with E-state index in [-0.39, 0.29) is 5.54 Å². The van der Waals surface area contributed by atoms with Gasteiger partial charge in [0.15, 0.2) is 0 Å². The van der Waals surface area contributed by atoms with Crippen LogP contribution in [0.2, 0.25) is 0 Å². The van der Waals surface area contributed by atoms with Gasteiger partial charge >= 0.3 is 0 Å². The monoisotopic (exact) mass is 383 g/mol. The van der Waals surface area contributed by atoms with E-state index >= 15 is 0 Å². The second kappa shape index (κ2) is 7.33. The molecule has 0 amide bonds. The Labute approximate surface area is 170 Å². The van der Waals surface area contributed by atoms with Crippen LogP contribution in [0.1, 0.15) is 18.4 Å². The second-order valence-corrected chi connectivity index (χ2v) is 7.70. The lowest BCUT2D eigenvalue weighted by Crippen LogP contribution is -2.50. The molecule has 0 saturated carbocycles. The summed E-state index contributed by atoms with van der Waals surface area (Å²) in [6, 6.07) is 21.6. The first kappa shape index (κ1) is 17.9. The predicted octanol–water partition coefficient (Wildman–Crippen LogP) is 4.34. The average Bonchev–Trinajstić information content (AvgIpc) is 3.29. The van der Waals surface area contributed by atoms with Crippen molar-refractivity contribution in [3.05, 3.63) is 78.8 Å². The van der Waals surface area contributed by atoms with Crippen molar-refractivity contribution in [2.75, 3.05) is 25.0 Å². The van der Waals surface area contributed by atoms with Crippen LogP contribution in [0, 0.1) is 0 Å². The first-order chi connectivity index (χ1) is 14.3. The Bertz CT molecular complexity index is 1090. The van der Waals surface area contributed by atoms with Gasteiger partial charge in [-0.05, 0) is 42.6 Å². The van der Waals surface area contributed by atoms with Gasteiger partial charge in [-0.2, -0.15) is 0 Å². The molecule has 0 unspecified atom stereocenters. The maximum Gasteiger partial charge on any atom is 0.142 e. The highest BCUT2D eigenvalue weighted by atomic mass is 15.2. The molecule has 5 rings (SSSR count). The van der Waals surface area contributed by atoms with E-state index in [1.165, 1.54) is 16.7 Å². The number of aromatic nitrogens is 3. The first-order valence-corrected chi connectivity index (χ1v) is 10.2. The van der Waals surface area contributed by atoms with E-state index in [1.807, 2.05) is 6.20 Å². The van der Waals surface area contributed by atoms with Crippen LogP contribution >= 0.6 is 0 Å². The molecule has 29 heavy (non-hydrogen) atoms. The summed E-state index contributed by atoms with van der Waals surface area (Å²) in [5, 5.41) is 4.73. The second-order valence-electron chi connectivity index (χ2n) is 7.70. The molecule has 4 aromatic rings. The summed E-state index contributed by atoms with van der Waals surface area (Å²) in [5.74, 6) is 1.03. The number of anilines is 1. The molecule has 0 radical (unpaired) electrons. The summed E-state index contributed by atoms with van der Waals surface area (Å²) >= 11 is 0. The molecular weight excluding hydrogens is 358 g/mol. The maximum atomic E-state index is 4.57. The van der Waals surface area contributed by atoms with Crippen molar-refractivity contribution in [1.29, 1.82) is 0 Å². The van der Waals surface area contributed by atoms with Crippen molar-refractivity contribution in [2.24, 2.45) is 0 Å². The molecule has 0 spiro atoms. The normalized spacial score (nSPS) is 16.2. The zero-order valence-electron chi connectivity index (χ0n) is 16.6. The summed E-state index contributed by atoms with van der Waals surface area (Å²) in [4.78, 5) is 14.4. The summed E-state index contributed by atoms with van der Waals surface area (Å²) in [5.41, 5.74) is 4.77. The number of benzene rings is 2. The highest BCUT2D eigenvalue weighted by Crippen LogP contribution is 2.36. The van der Waals surface area contributed by atoms with Crippen molar-refractivity contribution in [1.82, 2.24) is 20.3 Å². The Morgan fingerprint density at radius 1 is 0.897 bits per heavy atom. The lowest BCUT2D eigenvalue weighted by Gasteiger charge is -2.42. The molecule has 0 bridgehead atoms. The molecule has 2 aromatic carbocycles. The Hall–Kier alpha value is -3.18. The van der Waals surface area contributed by atoms with Gasteiger partial charge in [-0.15, -0.1) is 0 Å². The average molecular weight is 383 g/mol. The van der Waals surface area contributed by atoms with Crippen LogP contribution < -0.4 is 10.2 Å². The van der Waals surface area contributed by atoms with Gasteiger partial charge in [0.2, 0.25) is 0 Å². The van der Waals surface area contributed by atoms with Gasteiger partial charge in [0, 0.05) is 24.8 Å². The quantitative estimate of drug-likeness (QED) is 0.550. The van der Waals surface area contributed by atoms with Crippen LogP contribution in [0.15, 0.2) is 73.2 Å². The van der Waals surface area contributed by atoms with Gasteiger partial charge in [0.1, 0.15) is 17.8 Å². The van der Waals surface area contributed by atoms with Crippen LogP contribution in [-0.2, 0) is 5.54 Å². The Morgan fingerprint density at radius 3 is 2.34 bits per heavy atom. The zero-order valence-corrected chi connectivity index (χ0v) is 16.6. The van der Waals surface area contributed by atoms with E-state index in [0.717, 1.165) is 42.8 Å². The number of fused-ring (bicyclic) bond motifs is 1. The smallest absolute Gasteiger partial charge is 0.142 e. The minimum atomic E-state index is -0.00396. The summed E-state index contributed by atoms with van der Waals surface area (Å²) < 4.78 is 0. The molecule has 5 heteroatoms. The fourth-order valence-electron chi connectivity index (χ4n) is 4.51. The van der Waals surface area contributed by atoms with E-state index in [9.17, 15) is 0 Å². The number of hydrogen-bond acceptors (Lipinski definition) is 4. The number of rotatable bonds is 4. The minimum absolute atomic E-state index is 0.00396. The number of nitrogens with one attached hydrogen (secondary N) is 2. The molecule has 0 atom stereocenters. The Morgan fingerprint density at radius 2 is 1.62 bits per heavy atom. The lowest BCUT2D eigenvalue weighted by molar-refractivity contribution is 0.282. The number of H-pyrrole nitrogens is 1. The van der Waals surface area contributed by atoms with Crippen molar-refractivity contribution >= 4 is 16.9 Å².